The second-order valence-corrected chi connectivity index (χ2v) is 5.10. The molecule has 4 N–H and O–H groups in total. The molecule has 1 aromatic carbocycles. The molecule has 6 nitrogen and oxygen atoms in total. The lowest BCUT2D eigenvalue weighted by Crippen LogP contribution is -2.21. The molecular formula is C18H17N5O. The molecule has 3 rings (SSSR count). The van der Waals surface area contributed by atoms with Crippen LogP contribution >= 0.6 is 0 Å². The van der Waals surface area contributed by atoms with Gasteiger partial charge in [0.15, 0.2) is 0 Å². The van der Waals surface area contributed by atoms with E-state index < -0.39 is 0 Å². The maximum Gasteiger partial charge on any atom is 0.143 e. The maximum atomic E-state index is 9.60. The van der Waals surface area contributed by atoms with Gasteiger partial charge in [0.1, 0.15) is 17.4 Å². The molecule has 2 heterocycles. The first kappa shape index (κ1) is 15.5. The zero-order valence-corrected chi connectivity index (χ0v) is 13.1. The number of allylic oxidation sites excluding steroid dienone is 1. The maximum absolute atomic E-state index is 9.60. The van der Waals surface area contributed by atoms with Crippen molar-refractivity contribution in [3.8, 4) is 5.75 Å². The van der Waals surface area contributed by atoms with E-state index in [1.807, 2.05) is 30.5 Å². The molecule has 24 heavy (non-hydrogen) atoms. The Hall–Kier alpha value is -3.41. The van der Waals surface area contributed by atoms with Crippen molar-refractivity contribution < 1.29 is 5.11 Å². The van der Waals surface area contributed by atoms with E-state index in [2.05, 4.69) is 20.3 Å². The summed E-state index contributed by atoms with van der Waals surface area (Å²) in [5, 5.41) is 12.7. The van der Waals surface area contributed by atoms with Crippen LogP contribution in [0.5, 0.6) is 5.75 Å². The Labute approximate surface area is 139 Å². The number of phenols is 1. The molecule has 0 unspecified atom stereocenters. The topological polar surface area (TPSA) is 95.9 Å². The van der Waals surface area contributed by atoms with Crippen LogP contribution in [0.15, 0.2) is 70.7 Å². The van der Waals surface area contributed by atoms with Crippen LogP contribution in [0.2, 0.25) is 0 Å². The van der Waals surface area contributed by atoms with E-state index in [1.165, 1.54) is 0 Å². The predicted octanol–water partition coefficient (Wildman–Crippen LogP) is 2.16. The van der Waals surface area contributed by atoms with Crippen LogP contribution < -0.4 is 11.1 Å². The second kappa shape index (κ2) is 6.78. The summed E-state index contributed by atoms with van der Waals surface area (Å²) >= 11 is 0. The summed E-state index contributed by atoms with van der Waals surface area (Å²) in [6.45, 7) is 0. The average molecular weight is 319 g/mol. The molecule has 6 heteroatoms. The van der Waals surface area contributed by atoms with Crippen LogP contribution in [-0.2, 0) is 0 Å². The van der Waals surface area contributed by atoms with Crippen molar-refractivity contribution in [2.24, 2.45) is 15.7 Å². The van der Waals surface area contributed by atoms with Crippen molar-refractivity contribution in [2.75, 3.05) is 7.05 Å². The van der Waals surface area contributed by atoms with Gasteiger partial charge >= 0.3 is 0 Å². The standard InChI is InChI=1S/C18H17N5O/c1-20-17(19)16(15-7-2-3-8-21-15)18-22-10-13(11-23-18)12-5-4-6-14(24)9-12/h2-11,22,24H,1H3,(H2,19,20)/b18-16+. The Kier molecular flexibility index (Phi) is 4.38. The summed E-state index contributed by atoms with van der Waals surface area (Å²) in [6, 6.07) is 12.6. The highest BCUT2D eigenvalue weighted by molar-refractivity contribution is 6.23. The Morgan fingerprint density at radius 3 is 2.71 bits per heavy atom. The molecule has 0 bridgehead atoms. The third-order valence-corrected chi connectivity index (χ3v) is 3.53. The van der Waals surface area contributed by atoms with E-state index in [1.54, 1.807) is 37.7 Å². The van der Waals surface area contributed by atoms with E-state index in [0.717, 1.165) is 11.1 Å². The summed E-state index contributed by atoms with van der Waals surface area (Å²) in [7, 11) is 1.62. The molecule has 0 amide bonds. The SMILES string of the molecule is C/N=C(N)\C(=C1\N=CC(c2cccc(O)c2)=CN1)c1ccccn1. The number of pyridine rings is 1. The molecule has 0 aliphatic carbocycles. The Bertz CT molecular complexity index is 866. The first-order valence-corrected chi connectivity index (χ1v) is 7.37. The molecule has 2 aromatic rings. The minimum atomic E-state index is 0.208. The van der Waals surface area contributed by atoms with E-state index >= 15 is 0 Å². The van der Waals surface area contributed by atoms with Gasteiger partial charge in [0.25, 0.3) is 0 Å². The number of aliphatic imine (C=N–C) groups is 2. The third kappa shape index (κ3) is 3.17. The fraction of sp³-hybridized carbons (Fsp3) is 0.0556. The van der Waals surface area contributed by atoms with Crippen molar-refractivity contribution in [1.82, 2.24) is 10.3 Å². The molecule has 0 saturated carbocycles. The molecule has 0 saturated heterocycles. The van der Waals surface area contributed by atoms with Gasteiger partial charge in [-0.2, -0.15) is 0 Å². The van der Waals surface area contributed by atoms with E-state index in [9.17, 15) is 5.11 Å². The fourth-order valence-corrected chi connectivity index (χ4v) is 2.33. The highest BCUT2D eigenvalue weighted by atomic mass is 16.3. The summed E-state index contributed by atoms with van der Waals surface area (Å²) in [5.41, 5.74) is 9.07. The predicted molar refractivity (Wildman–Crippen MR) is 96.4 cm³/mol. The van der Waals surface area contributed by atoms with Crippen LogP contribution in [0.1, 0.15) is 11.3 Å². The Morgan fingerprint density at radius 2 is 2.08 bits per heavy atom. The summed E-state index contributed by atoms with van der Waals surface area (Å²) in [6.07, 6.45) is 5.22. The van der Waals surface area contributed by atoms with Crippen LogP contribution in [0.3, 0.4) is 0 Å². The van der Waals surface area contributed by atoms with Crippen LogP contribution in [-0.4, -0.2) is 29.2 Å². The van der Waals surface area contributed by atoms with Crippen LogP contribution in [0.25, 0.3) is 11.1 Å². The molecule has 0 radical (unpaired) electrons. The van der Waals surface area contributed by atoms with Crippen LogP contribution in [0.4, 0.5) is 0 Å². The number of hydrogen-bond donors (Lipinski definition) is 3. The monoisotopic (exact) mass is 319 g/mol. The smallest absolute Gasteiger partial charge is 0.143 e. The van der Waals surface area contributed by atoms with E-state index in [4.69, 9.17) is 5.73 Å². The number of nitrogens with two attached hydrogens (primary N) is 1. The number of aromatic hydroxyl groups is 1. The minimum absolute atomic E-state index is 0.208. The average Bonchev–Trinajstić information content (AvgIpc) is 2.63. The Morgan fingerprint density at radius 1 is 1.21 bits per heavy atom. The first-order chi connectivity index (χ1) is 11.7. The number of benzene rings is 1. The van der Waals surface area contributed by atoms with Gasteiger partial charge in [-0.1, -0.05) is 18.2 Å². The fourth-order valence-electron chi connectivity index (χ4n) is 2.33. The molecule has 1 aliphatic rings. The largest absolute Gasteiger partial charge is 0.508 e. The number of amidine groups is 1. The number of hydrogen-bond acceptors (Lipinski definition) is 5. The van der Waals surface area contributed by atoms with Crippen molar-refractivity contribution in [3.63, 3.8) is 0 Å². The lowest BCUT2D eigenvalue weighted by molar-refractivity contribution is 0.475. The number of phenolic OH excluding ortho intramolecular Hbond substituents is 1. The third-order valence-electron chi connectivity index (χ3n) is 3.53. The molecule has 120 valence electrons. The number of rotatable bonds is 3. The quantitative estimate of drug-likeness (QED) is 0.596. The van der Waals surface area contributed by atoms with Crippen molar-refractivity contribution >= 4 is 23.2 Å². The van der Waals surface area contributed by atoms with Crippen LogP contribution in [0, 0.1) is 0 Å². The molecular weight excluding hydrogens is 302 g/mol. The first-order valence-electron chi connectivity index (χ1n) is 7.37. The minimum Gasteiger partial charge on any atom is -0.508 e. The summed E-state index contributed by atoms with van der Waals surface area (Å²) < 4.78 is 0. The molecule has 0 spiro atoms. The van der Waals surface area contributed by atoms with E-state index in [-0.39, 0.29) is 5.75 Å². The zero-order chi connectivity index (χ0) is 16.9. The lowest BCUT2D eigenvalue weighted by Gasteiger charge is -2.15. The molecule has 0 fully saturated rings. The van der Waals surface area contributed by atoms with E-state index in [0.29, 0.717) is 22.9 Å². The zero-order valence-electron chi connectivity index (χ0n) is 13.1. The van der Waals surface area contributed by atoms with Crippen molar-refractivity contribution in [3.05, 3.63) is 71.9 Å². The summed E-state index contributed by atoms with van der Waals surface area (Å²) in [5.74, 6) is 1.13. The van der Waals surface area contributed by atoms with Gasteiger partial charge in [0.05, 0.1) is 11.3 Å². The van der Waals surface area contributed by atoms with Gasteiger partial charge in [-0.15, -0.1) is 0 Å². The second-order valence-electron chi connectivity index (χ2n) is 5.10. The van der Waals surface area contributed by atoms with Gasteiger partial charge in [0, 0.05) is 31.2 Å². The molecule has 1 aliphatic heterocycles. The van der Waals surface area contributed by atoms with Gasteiger partial charge in [-0.05, 0) is 29.8 Å². The van der Waals surface area contributed by atoms with Gasteiger partial charge in [-0.3, -0.25) is 9.98 Å². The number of nitrogens with one attached hydrogen (secondary N) is 1. The number of aromatic nitrogens is 1. The van der Waals surface area contributed by atoms with Crippen molar-refractivity contribution in [2.45, 2.75) is 0 Å². The summed E-state index contributed by atoms with van der Waals surface area (Å²) in [4.78, 5) is 12.8. The number of nitrogens with zero attached hydrogens (tertiary/aromatic N) is 3. The molecule has 0 atom stereocenters. The highest BCUT2D eigenvalue weighted by Crippen LogP contribution is 2.23. The highest BCUT2D eigenvalue weighted by Gasteiger charge is 2.16. The van der Waals surface area contributed by atoms with Gasteiger partial charge in [-0.25, -0.2) is 4.99 Å². The van der Waals surface area contributed by atoms with Crippen molar-refractivity contribution in [1.29, 1.82) is 0 Å². The lowest BCUT2D eigenvalue weighted by atomic mass is 10.1. The van der Waals surface area contributed by atoms with Gasteiger partial charge < -0.3 is 16.2 Å². The Balaban J connectivity index is 1.98. The molecule has 1 aromatic heterocycles. The van der Waals surface area contributed by atoms with Gasteiger partial charge in [0.2, 0.25) is 0 Å². The normalized spacial score (nSPS) is 16.4.